The maximum absolute atomic E-state index is 12.2. The third-order valence-corrected chi connectivity index (χ3v) is 5.00. The van der Waals surface area contributed by atoms with Crippen molar-refractivity contribution in [2.75, 3.05) is 18.9 Å². The van der Waals surface area contributed by atoms with Gasteiger partial charge < -0.3 is 5.32 Å². The molecule has 8 heteroatoms. The molecule has 0 aliphatic heterocycles. The van der Waals surface area contributed by atoms with Crippen LogP contribution in [0.1, 0.15) is 0 Å². The molecule has 0 aliphatic rings. The van der Waals surface area contributed by atoms with Crippen molar-refractivity contribution in [1.82, 2.24) is 9.29 Å². The highest BCUT2D eigenvalue weighted by molar-refractivity contribution is 7.89. The molecular formula is C12H13N3O3S2. The van der Waals surface area contributed by atoms with Crippen LogP contribution in [-0.4, -0.2) is 37.2 Å². The number of anilines is 1. The van der Waals surface area contributed by atoms with Crippen LogP contribution in [0.4, 0.5) is 5.13 Å². The van der Waals surface area contributed by atoms with Crippen molar-refractivity contribution in [3.8, 4) is 0 Å². The van der Waals surface area contributed by atoms with Crippen molar-refractivity contribution in [3.05, 3.63) is 41.9 Å². The molecule has 0 fully saturated rings. The summed E-state index contributed by atoms with van der Waals surface area (Å²) in [4.78, 5) is 15.8. The van der Waals surface area contributed by atoms with Crippen LogP contribution < -0.4 is 5.32 Å². The number of hydrogen-bond acceptors (Lipinski definition) is 5. The predicted molar refractivity (Wildman–Crippen MR) is 77.0 cm³/mol. The van der Waals surface area contributed by atoms with E-state index in [9.17, 15) is 13.2 Å². The van der Waals surface area contributed by atoms with Gasteiger partial charge in [-0.1, -0.05) is 18.2 Å². The van der Waals surface area contributed by atoms with Gasteiger partial charge in [0.1, 0.15) is 0 Å². The smallest absolute Gasteiger partial charge is 0.243 e. The number of likely N-dealkylation sites (N-methyl/N-ethyl adjacent to an activating group) is 1. The fourth-order valence-electron chi connectivity index (χ4n) is 1.50. The van der Waals surface area contributed by atoms with Gasteiger partial charge in [-0.2, -0.15) is 4.31 Å². The summed E-state index contributed by atoms with van der Waals surface area (Å²) in [6, 6.07) is 7.98. The summed E-state index contributed by atoms with van der Waals surface area (Å²) < 4.78 is 25.4. The molecule has 0 bridgehead atoms. The molecule has 1 amide bonds. The Balaban J connectivity index is 2.04. The lowest BCUT2D eigenvalue weighted by Gasteiger charge is -2.16. The van der Waals surface area contributed by atoms with E-state index >= 15 is 0 Å². The third kappa shape index (κ3) is 3.41. The maximum Gasteiger partial charge on any atom is 0.243 e. The Labute approximate surface area is 121 Å². The fraction of sp³-hybridized carbons (Fsp3) is 0.167. The zero-order valence-electron chi connectivity index (χ0n) is 10.7. The zero-order chi connectivity index (χ0) is 14.6. The number of hydrogen-bond donors (Lipinski definition) is 1. The Morgan fingerprint density at radius 3 is 2.65 bits per heavy atom. The number of benzene rings is 1. The van der Waals surface area contributed by atoms with E-state index in [0.29, 0.717) is 5.13 Å². The van der Waals surface area contributed by atoms with Gasteiger partial charge in [0.2, 0.25) is 15.9 Å². The van der Waals surface area contributed by atoms with Crippen LogP contribution in [-0.2, 0) is 14.8 Å². The molecule has 1 heterocycles. The van der Waals surface area contributed by atoms with Crippen LogP contribution >= 0.6 is 11.3 Å². The number of carbonyl (C=O) groups excluding carboxylic acids is 1. The highest BCUT2D eigenvalue weighted by Crippen LogP contribution is 2.14. The van der Waals surface area contributed by atoms with Gasteiger partial charge >= 0.3 is 0 Å². The largest absolute Gasteiger partial charge is 0.301 e. The number of thiazole rings is 1. The lowest BCUT2D eigenvalue weighted by molar-refractivity contribution is -0.116. The number of amides is 1. The van der Waals surface area contributed by atoms with E-state index < -0.39 is 15.9 Å². The number of carbonyl (C=O) groups is 1. The molecule has 1 aromatic carbocycles. The summed E-state index contributed by atoms with van der Waals surface area (Å²) in [5, 5.41) is 4.71. The summed E-state index contributed by atoms with van der Waals surface area (Å²) in [5.41, 5.74) is 0. The van der Waals surface area contributed by atoms with Gasteiger partial charge in [-0.3, -0.25) is 4.79 Å². The van der Waals surface area contributed by atoms with Crippen molar-refractivity contribution in [2.24, 2.45) is 0 Å². The highest BCUT2D eigenvalue weighted by Gasteiger charge is 2.22. The second-order valence-corrected chi connectivity index (χ2v) is 6.90. The van der Waals surface area contributed by atoms with Crippen LogP contribution in [0.25, 0.3) is 0 Å². The second kappa shape index (κ2) is 6.12. The lowest BCUT2D eigenvalue weighted by atomic mass is 10.4. The van der Waals surface area contributed by atoms with Gasteiger partial charge in [-0.15, -0.1) is 11.3 Å². The van der Waals surface area contributed by atoms with Gasteiger partial charge in [0.25, 0.3) is 0 Å². The molecule has 0 spiro atoms. The van der Waals surface area contributed by atoms with E-state index in [4.69, 9.17) is 0 Å². The van der Waals surface area contributed by atoms with Gasteiger partial charge in [-0.05, 0) is 12.1 Å². The van der Waals surface area contributed by atoms with E-state index in [1.54, 1.807) is 29.8 Å². The molecule has 0 atom stereocenters. The average Bonchev–Trinajstić information content (AvgIpc) is 2.92. The monoisotopic (exact) mass is 311 g/mol. The Morgan fingerprint density at radius 2 is 2.05 bits per heavy atom. The van der Waals surface area contributed by atoms with Gasteiger partial charge in [-0.25, -0.2) is 13.4 Å². The molecule has 1 N–H and O–H groups in total. The molecule has 0 unspecified atom stereocenters. The molecule has 20 heavy (non-hydrogen) atoms. The molecule has 106 valence electrons. The lowest BCUT2D eigenvalue weighted by Crippen LogP contribution is -2.34. The first-order valence-electron chi connectivity index (χ1n) is 5.71. The van der Waals surface area contributed by atoms with Gasteiger partial charge in [0.15, 0.2) is 5.13 Å². The molecule has 0 radical (unpaired) electrons. The van der Waals surface area contributed by atoms with E-state index in [-0.39, 0.29) is 11.4 Å². The summed E-state index contributed by atoms with van der Waals surface area (Å²) in [6.45, 7) is -0.267. The fourth-order valence-corrected chi connectivity index (χ4v) is 3.20. The number of aromatic nitrogens is 1. The minimum atomic E-state index is -3.66. The Hall–Kier alpha value is -1.77. The number of rotatable bonds is 5. The molecule has 6 nitrogen and oxygen atoms in total. The minimum Gasteiger partial charge on any atom is -0.301 e. The normalized spacial score (nSPS) is 11.5. The standard InChI is InChI=1S/C12H13N3O3S2/c1-15(9-11(16)14-12-13-7-8-19-12)20(17,18)10-5-3-2-4-6-10/h2-8H,9H2,1H3,(H,13,14,16). The molecule has 0 saturated carbocycles. The molecule has 0 saturated heterocycles. The van der Waals surface area contributed by atoms with Crippen LogP contribution in [0.5, 0.6) is 0 Å². The Morgan fingerprint density at radius 1 is 1.35 bits per heavy atom. The van der Waals surface area contributed by atoms with Crippen molar-refractivity contribution >= 4 is 32.4 Å². The number of nitrogens with zero attached hydrogens (tertiary/aromatic N) is 2. The van der Waals surface area contributed by atoms with E-state index in [1.807, 2.05) is 0 Å². The quantitative estimate of drug-likeness (QED) is 0.905. The molecule has 2 rings (SSSR count). The van der Waals surface area contributed by atoms with Crippen molar-refractivity contribution < 1.29 is 13.2 Å². The topological polar surface area (TPSA) is 79.4 Å². The van der Waals surface area contributed by atoms with Crippen molar-refractivity contribution in [3.63, 3.8) is 0 Å². The van der Waals surface area contributed by atoms with Crippen LogP contribution in [0.3, 0.4) is 0 Å². The van der Waals surface area contributed by atoms with Crippen LogP contribution in [0.15, 0.2) is 46.8 Å². The highest BCUT2D eigenvalue weighted by atomic mass is 32.2. The summed E-state index contributed by atoms with van der Waals surface area (Å²) in [5.74, 6) is -0.429. The van der Waals surface area contributed by atoms with E-state index in [1.165, 1.54) is 30.5 Å². The number of nitrogens with one attached hydrogen (secondary N) is 1. The second-order valence-electron chi connectivity index (χ2n) is 3.96. The van der Waals surface area contributed by atoms with Crippen LogP contribution in [0, 0.1) is 0 Å². The van der Waals surface area contributed by atoms with E-state index in [0.717, 1.165) is 4.31 Å². The van der Waals surface area contributed by atoms with Crippen molar-refractivity contribution in [2.45, 2.75) is 4.90 Å². The minimum absolute atomic E-state index is 0.157. The average molecular weight is 311 g/mol. The molecular weight excluding hydrogens is 298 g/mol. The number of sulfonamides is 1. The van der Waals surface area contributed by atoms with Crippen molar-refractivity contribution in [1.29, 1.82) is 0 Å². The Kier molecular flexibility index (Phi) is 4.48. The van der Waals surface area contributed by atoms with Crippen LogP contribution in [0.2, 0.25) is 0 Å². The first kappa shape index (κ1) is 14.6. The summed E-state index contributed by atoms with van der Waals surface area (Å²) in [6.07, 6.45) is 1.56. The van der Waals surface area contributed by atoms with E-state index in [2.05, 4.69) is 10.3 Å². The third-order valence-electron chi connectivity index (χ3n) is 2.50. The predicted octanol–water partition coefficient (Wildman–Crippen LogP) is 1.40. The summed E-state index contributed by atoms with van der Waals surface area (Å²) >= 11 is 1.27. The molecule has 1 aromatic heterocycles. The SMILES string of the molecule is CN(CC(=O)Nc1nccs1)S(=O)(=O)c1ccccc1. The molecule has 0 aliphatic carbocycles. The first-order chi connectivity index (χ1) is 9.50. The molecule has 2 aromatic rings. The maximum atomic E-state index is 12.2. The Bertz CT molecular complexity index is 669. The first-order valence-corrected chi connectivity index (χ1v) is 8.03. The van der Waals surface area contributed by atoms with Gasteiger partial charge in [0, 0.05) is 18.6 Å². The summed E-state index contributed by atoms with van der Waals surface area (Å²) in [7, 11) is -2.29. The van der Waals surface area contributed by atoms with Gasteiger partial charge in [0.05, 0.1) is 11.4 Å². The zero-order valence-corrected chi connectivity index (χ0v) is 12.3.